The number of nitrogens with zero attached hydrogens (tertiary/aromatic N) is 7. The van der Waals surface area contributed by atoms with Crippen molar-refractivity contribution in [1.29, 1.82) is 0 Å². The number of hydrogen-bond donors (Lipinski definition) is 5. The van der Waals surface area contributed by atoms with Gasteiger partial charge in [0.05, 0.1) is 24.5 Å². The third kappa shape index (κ3) is 11.4. The molecule has 0 bridgehead atoms. The molecule has 9 rings (SSSR count). The lowest BCUT2D eigenvalue weighted by atomic mass is 9.81. The van der Waals surface area contributed by atoms with Crippen molar-refractivity contribution in [3.63, 3.8) is 0 Å². The Morgan fingerprint density at radius 2 is 1.20 bits per heavy atom. The van der Waals surface area contributed by atoms with Crippen LogP contribution in [0.15, 0.2) is 79.4 Å². The first-order valence-corrected chi connectivity index (χ1v) is 28.7. The first kappa shape index (κ1) is 51.7. The van der Waals surface area contributed by atoms with Gasteiger partial charge in [0.2, 0.25) is 11.9 Å². The van der Waals surface area contributed by atoms with E-state index in [0.717, 1.165) is 101 Å². The Morgan fingerprint density at radius 1 is 0.714 bits per heavy atom. The first-order chi connectivity index (χ1) is 32.6. The van der Waals surface area contributed by atoms with Gasteiger partial charge >= 0.3 is 0 Å². The highest BCUT2D eigenvalue weighted by molar-refractivity contribution is 7.71. The second kappa shape index (κ2) is 20.3. The average Bonchev–Trinajstić information content (AvgIpc) is 3.90. The number of hydrogen-bond acceptors (Lipinski definition) is 10. The van der Waals surface area contributed by atoms with Gasteiger partial charge in [0.15, 0.2) is 11.4 Å². The highest BCUT2D eigenvalue weighted by atomic mass is 31.2. The summed E-state index contributed by atoms with van der Waals surface area (Å²) in [6, 6.07) is 18.5. The third-order valence-corrected chi connectivity index (χ3v) is 16.1. The molecule has 2 aliphatic heterocycles. The summed E-state index contributed by atoms with van der Waals surface area (Å²) >= 11 is 0. The molecule has 0 unspecified atom stereocenters. The molecule has 14 nitrogen and oxygen atoms in total. The molecule has 5 N–H and O–H groups in total. The number of fused-ring (bicyclic) bond motifs is 2. The summed E-state index contributed by atoms with van der Waals surface area (Å²) in [5, 5.41) is 13.6. The average molecular weight is 979 g/mol. The largest absolute Gasteiger partial charge is 0.361 e. The zero-order valence-electron chi connectivity index (χ0n) is 41.5. The number of piperidine rings is 2. The number of nitrogens with one attached hydrogen (secondary N) is 5. The van der Waals surface area contributed by atoms with E-state index >= 15 is 0 Å². The zero-order chi connectivity index (χ0) is 49.5. The number of aromatic amines is 2. The molecule has 2 saturated heterocycles. The Labute approximate surface area is 413 Å². The minimum Gasteiger partial charge on any atom is -0.361 e. The molecule has 0 radical (unpaired) electrons. The molecule has 0 aliphatic carbocycles. The summed E-state index contributed by atoms with van der Waals surface area (Å²) in [6.07, 6.45) is 9.57. The van der Waals surface area contributed by atoms with E-state index in [0.29, 0.717) is 33.9 Å². The lowest BCUT2D eigenvalue weighted by molar-refractivity contribution is 0.101. The van der Waals surface area contributed by atoms with E-state index in [-0.39, 0.29) is 30.3 Å². The molecule has 16 heteroatoms. The van der Waals surface area contributed by atoms with E-state index in [1.807, 2.05) is 50.8 Å². The van der Waals surface area contributed by atoms with Gasteiger partial charge in [-0.2, -0.15) is 0 Å². The summed E-state index contributed by atoms with van der Waals surface area (Å²) in [4.78, 5) is 35.2. The number of rotatable bonds is 10. The second-order valence-electron chi connectivity index (χ2n) is 21.2. The highest BCUT2D eigenvalue weighted by Crippen LogP contribution is 2.45. The van der Waals surface area contributed by atoms with Gasteiger partial charge < -0.3 is 35.0 Å². The standard InChI is InChI=1S/C30H35N6OP.C23H29N6OP.CH4/c1-20-15-33-29(34-22-14-30(2,3)19-36(18-22)17-21-10-8-7-9-11-21)35-26(20)24-16-32-27-23(24)12-13-25(31-4)28(27)38(5,6)37;1-14-10-27-22(28-15-9-23(2,3)13-25-11-15)29-19(14)17-12-26-20-16(17)7-8-18(24-4)21(20)31(5,6)30;/h7-13,15-16,22,32H,14,17-19H2,1-3,5-6H3,(H,33,34,35);7-8,10,12,15,25-26H,9,11,13H2,1-3,5-6H3,(H,27,28,29);1H4/t22-;15-;/m00./s1. The molecule has 366 valence electrons. The van der Waals surface area contributed by atoms with Crippen molar-refractivity contribution in [2.75, 3.05) is 63.5 Å². The Bertz CT molecular complexity index is 3220. The maximum atomic E-state index is 13.1. The van der Waals surface area contributed by atoms with Gasteiger partial charge in [-0.15, -0.1) is 0 Å². The van der Waals surface area contributed by atoms with Crippen LogP contribution < -0.4 is 26.6 Å². The SMILES string of the molecule is C.[C-]#[N+]c1ccc2c(-c3nc(N[C@@H]4CN(Cc5ccccc5)CC(C)(C)C4)ncc3C)c[nH]c2c1P(C)(C)=O.[C-]#[N+]c1ccc2c(-c3nc(N[C@@H]4CNCC(C)(C)C4)ncc3C)c[nH]c2c1P(C)(C)=O. The fraction of sp³-hybridized carbons (Fsp3) is 0.407. The van der Waals surface area contributed by atoms with Crippen LogP contribution in [0.5, 0.6) is 0 Å². The van der Waals surface area contributed by atoms with E-state index in [4.69, 9.17) is 23.1 Å². The summed E-state index contributed by atoms with van der Waals surface area (Å²) < 4.78 is 26.0. The maximum Gasteiger partial charge on any atom is 0.223 e. The smallest absolute Gasteiger partial charge is 0.223 e. The number of benzene rings is 3. The van der Waals surface area contributed by atoms with Gasteiger partial charge in [-0.3, -0.25) is 4.90 Å². The van der Waals surface area contributed by atoms with E-state index in [1.165, 1.54) is 5.56 Å². The van der Waals surface area contributed by atoms with Crippen LogP contribution in [-0.2, 0) is 15.7 Å². The van der Waals surface area contributed by atoms with Gasteiger partial charge in [0, 0.05) is 113 Å². The van der Waals surface area contributed by atoms with E-state index in [9.17, 15) is 9.13 Å². The summed E-state index contributed by atoms with van der Waals surface area (Å²) in [7, 11) is -5.33. The molecular formula is C54H68N12O2P2. The van der Waals surface area contributed by atoms with Crippen LogP contribution in [-0.4, -0.2) is 99.7 Å². The molecule has 4 aromatic heterocycles. The van der Waals surface area contributed by atoms with Crippen molar-refractivity contribution in [3.05, 3.63) is 119 Å². The molecule has 6 heterocycles. The summed E-state index contributed by atoms with van der Waals surface area (Å²) in [5.41, 5.74) is 9.50. The van der Waals surface area contributed by atoms with Crippen LogP contribution in [0.4, 0.5) is 23.3 Å². The van der Waals surface area contributed by atoms with Crippen molar-refractivity contribution in [3.8, 4) is 22.5 Å². The second-order valence-corrected chi connectivity index (χ2v) is 27.5. The van der Waals surface area contributed by atoms with Crippen molar-refractivity contribution in [2.24, 2.45) is 10.8 Å². The minimum atomic E-state index is -2.68. The van der Waals surface area contributed by atoms with Crippen LogP contribution in [0, 0.1) is 37.8 Å². The third-order valence-electron chi connectivity index (χ3n) is 13.0. The van der Waals surface area contributed by atoms with Crippen LogP contribution in [0.2, 0.25) is 0 Å². The molecule has 0 spiro atoms. The number of aromatic nitrogens is 6. The highest BCUT2D eigenvalue weighted by Gasteiger charge is 2.34. The first-order valence-electron chi connectivity index (χ1n) is 23.5. The van der Waals surface area contributed by atoms with Crippen molar-refractivity contribution in [2.45, 2.75) is 80.4 Å². The van der Waals surface area contributed by atoms with Gasteiger partial charge in [0.25, 0.3) is 0 Å². The maximum absolute atomic E-state index is 13.1. The molecule has 2 atom stereocenters. The number of H-pyrrole nitrogens is 2. The molecule has 0 amide bonds. The Hall–Kier alpha value is -6.14. The quantitative estimate of drug-likeness (QED) is 0.0658. The lowest BCUT2D eigenvalue weighted by Crippen LogP contribution is -2.49. The zero-order valence-corrected chi connectivity index (χ0v) is 43.2. The Morgan fingerprint density at radius 3 is 1.67 bits per heavy atom. The molecular weight excluding hydrogens is 911 g/mol. The lowest BCUT2D eigenvalue weighted by Gasteiger charge is -2.42. The van der Waals surface area contributed by atoms with Crippen molar-refractivity contribution in [1.82, 2.24) is 40.1 Å². The Balaban J connectivity index is 0.000000208. The van der Waals surface area contributed by atoms with Crippen LogP contribution in [0.25, 0.3) is 54.0 Å². The van der Waals surface area contributed by atoms with Gasteiger partial charge in [0.1, 0.15) is 14.3 Å². The van der Waals surface area contributed by atoms with E-state index < -0.39 is 14.3 Å². The van der Waals surface area contributed by atoms with Crippen molar-refractivity contribution < 1.29 is 9.13 Å². The fourth-order valence-corrected chi connectivity index (χ4v) is 13.1. The molecule has 3 aromatic carbocycles. The Kier molecular flexibility index (Phi) is 15.0. The summed E-state index contributed by atoms with van der Waals surface area (Å²) in [5.74, 6) is 1.21. The van der Waals surface area contributed by atoms with Crippen LogP contribution >= 0.6 is 14.3 Å². The van der Waals surface area contributed by atoms with Gasteiger partial charge in [-0.05, 0) is 80.9 Å². The minimum absolute atomic E-state index is 0. The topological polar surface area (TPSA) is 165 Å². The molecule has 7 aromatic rings. The fourth-order valence-electron chi connectivity index (χ4n) is 10.3. The van der Waals surface area contributed by atoms with E-state index in [2.05, 4.69) is 109 Å². The molecule has 2 fully saturated rings. The number of aryl methyl sites for hydroxylation is 2. The number of anilines is 2. The molecule has 70 heavy (non-hydrogen) atoms. The molecule has 2 aliphatic rings. The predicted octanol–water partition coefficient (Wildman–Crippen LogP) is 11.6. The van der Waals surface area contributed by atoms with Gasteiger partial charge in [-0.1, -0.05) is 89.7 Å². The van der Waals surface area contributed by atoms with Crippen molar-refractivity contribution >= 4 is 70.0 Å². The van der Waals surface area contributed by atoms with Crippen LogP contribution in [0.1, 0.15) is 64.7 Å². The van der Waals surface area contributed by atoms with E-state index in [1.54, 1.807) is 38.8 Å². The predicted molar refractivity (Wildman–Crippen MR) is 292 cm³/mol. The molecule has 0 saturated carbocycles. The summed E-state index contributed by atoms with van der Waals surface area (Å²) in [6.45, 7) is 39.8. The van der Waals surface area contributed by atoms with Gasteiger partial charge in [-0.25, -0.2) is 29.6 Å². The van der Waals surface area contributed by atoms with Crippen LogP contribution in [0.3, 0.4) is 0 Å². The monoisotopic (exact) mass is 979 g/mol. The number of likely N-dealkylation sites (tertiary alicyclic amines) is 1. The normalized spacial score (nSPS) is 17.9.